The zero-order valence-electron chi connectivity index (χ0n) is 15.3. The van der Waals surface area contributed by atoms with Crippen molar-refractivity contribution in [1.82, 2.24) is 14.8 Å². The molecule has 0 fully saturated rings. The van der Waals surface area contributed by atoms with Crippen LogP contribution in [0.5, 0.6) is 0 Å². The third kappa shape index (κ3) is 3.37. The summed E-state index contributed by atoms with van der Waals surface area (Å²) in [6.07, 6.45) is 1.59. The van der Waals surface area contributed by atoms with Crippen LogP contribution in [0.1, 0.15) is 26.4 Å². The molecule has 0 bridgehead atoms. The second-order valence-corrected chi connectivity index (χ2v) is 7.05. The fourth-order valence-electron chi connectivity index (χ4n) is 2.95. The van der Waals surface area contributed by atoms with Gasteiger partial charge in [0.1, 0.15) is 0 Å². The van der Waals surface area contributed by atoms with Crippen molar-refractivity contribution in [1.29, 1.82) is 0 Å². The minimum atomic E-state index is -0.330. The van der Waals surface area contributed by atoms with Gasteiger partial charge < -0.3 is 10.6 Å². The van der Waals surface area contributed by atoms with E-state index < -0.39 is 0 Å². The standard InChI is InChI=1S/C20H17N5O2S/c1-12-16-9-14(10-21-18(16)25(2)24-12)22-20(27)15-5-3-4-6-17(15)23-19(26)13-7-8-28-11-13/h3-11H,1-2H3,(H,22,27)(H,23,26). The van der Waals surface area contributed by atoms with E-state index in [1.165, 1.54) is 11.3 Å². The topological polar surface area (TPSA) is 88.9 Å². The SMILES string of the molecule is Cc1nn(C)c2ncc(NC(=O)c3ccccc3NC(=O)c3ccsc3)cc12. The Morgan fingerprint density at radius 3 is 2.71 bits per heavy atom. The number of aryl methyl sites for hydroxylation is 2. The molecule has 4 aromatic rings. The van der Waals surface area contributed by atoms with E-state index in [-0.39, 0.29) is 11.8 Å². The Morgan fingerprint density at radius 2 is 1.93 bits per heavy atom. The first kappa shape index (κ1) is 17.9. The molecular formula is C20H17N5O2S. The quantitative estimate of drug-likeness (QED) is 0.553. The van der Waals surface area contributed by atoms with Crippen LogP contribution in [0.3, 0.4) is 0 Å². The van der Waals surface area contributed by atoms with Crippen LogP contribution in [0, 0.1) is 6.92 Å². The lowest BCUT2D eigenvalue weighted by Crippen LogP contribution is -2.18. The summed E-state index contributed by atoms with van der Waals surface area (Å²) in [5, 5.41) is 14.4. The zero-order valence-corrected chi connectivity index (χ0v) is 16.1. The highest BCUT2D eigenvalue weighted by Gasteiger charge is 2.15. The molecule has 7 nitrogen and oxygen atoms in total. The molecule has 0 aliphatic heterocycles. The number of thiophene rings is 1. The molecule has 0 unspecified atom stereocenters. The van der Waals surface area contributed by atoms with Crippen LogP contribution in [0.15, 0.2) is 53.4 Å². The molecule has 28 heavy (non-hydrogen) atoms. The predicted molar refractivity (Wildman–Crippen MR) is 110 cm³/mol. The second-order valence-electron chi connectivity index (χ2n) is 6.27. The lowest BCUT2D eigenvalue weighted by Gasteiger charge is -2.11. The van der Waals surface area contributed by atoms with Gasteiger partial charge in [0.2, 0.25) is 0 Å². The van der Waals surface area contributed by atoms with Crippen LogP contribution in [-0.2, 0) is 7.05 Å². The van der Waals surface area contributed by atoms with E-state index in [0.29, 0.717) is 22.5 Å². The highest BCUT2D eigenvalue weighted by molar-refractivity contribution is 7.08. The van der Waals surface area contributed by atoms with Crippen LogP contribution in [0.4, 0.5) is 11.4 Å². The Labute approximate surface area is 165 Å². The number of fused-ring (bicyclic) bond motifs is 1. The Kier molecular flexibility index (Phi) is 4.62. The molecule has 0 radical (unpaired) electrons. The number of amides is 2. The molecule has 0 aliphatic carbocycles. The normalized spacial score (nSPS) is 10.8. The highest BCUT2D eigenvalue weighted by atomic mass is 32.1. The highest BCUT2D eigenvalue weighted by Crippen LogP contribution is 2.22. The molecule has 2 amide bonds. The summed E-state index contributed by atoms with van der Waals surface area (Å²) < 4.78 is 1.70. The summed E-state index contributed by atoms with van der Waals surface area (Å²) in [5.74, 6) is -0.584. The van der Waals surface area contributed by atoms with Gasteiger partial charge in [-0.3, -0.25) is 14.3 Å². The number of nitrogens with one attached hydrogen (secondary N) is 2. The van der Waals surface area contributed by atoms with Crippen molar-refractivity contribution in [3.05, 3.63) is 70.2 Å². The fourth-order valence-corrected chi connectivity index (χ4v) is 3.59. The molecule has 1 aromatic carbocycles. The van der Waals surface area contributed by atoms with Gasteiger partial charge in [0.05, 0.1) is 34.4 Å². The number of benzene rings is 1. The first-order chi connectivity index (χ1) is 13.5. The van der Waals surface area contributed by atoms with Crippen molar-refractivity contribution in [2.75, 3.05) is 10.6 Å². The fraction of sp³-hybridized carbons (Fsp3) is 0.100. The molecule has 0 aliphatic rings. The largest absolute Gasteiger partial charge is 0.321 e. The molecule has 4 rings (SSSR count). The predicted octanol–water partition coefficient (Wildman–Crippen LogP) is 3.84. The van der Waals surface area contributed by atoms with Crippen LogP contribution in [-0.4, -0.2) is 26.6 Å². The lowest BCUT2D eigenvalue weighted by atomic mass is 10.1. The van der Waals surface area contributed by atoms with E-state index >= 15 is 0 Å². The van der Waals surface area contributed by atoms with Crippen molar-refractivity contribution < 1.29 is 9.59 Å². The third-order valence-corrected chi connectivity index (χ3v) is 5.01. The Balaban J connectivity index is 1.58. The van der Waals surface area contributed by atoms with E-state index in [1.807, 2.05) is 25.4 Å². The van der Waals surface area contributed by atoms with Crippen molar-refractivity contribution in [2.45, 2.75) is 6.92 Å². The summed E-state index contributed by atoms with van der Waals surface area (Å²) in [7, 11) is 1.83. The van der Waals surface area contributed by atoms with Gasteiger partial charge in [-0.1, -0.05) is 12.1 Å². The minimum Gasteiger partial charge on any atom is -0.321 e. The van der Waals surface area contributed by atoms with Crippen LogP contribution >= 0.6 is 11.3 Å². The number of rotatable bonds is 4. The number of aromatic nitrogens is 3. The average Bonchev–Trinajstić information content (AvgIpc) is 3.31. The van der Waals surface area contributed by atoms with Crippen molar-refractivity contribution in [3.8, 4) is 0 Å². The first-order valence-electron chi connectivity index (χ1n) is 8.56. The maximum absolute atomic E-state index is 12.8. The van der Waals surface area contributed by atoms with Gasteiger partial charge in [0.25, 0.3) is 11.8 Å². The van der Waals surface area contributed by atoms with Gasteiger partial charge in [0.15, 0.2) is 5.65 Å². The van der Waals surface area contributed by atoms with Crippen molar-refractivity contribution in [2.24, 2.45) is 7.05 Å². The number of carbonyl (C=O) groups excluding carboxylic acids is 2. The number of pyridine rings is 1. The summed E-state index contributed by atoms with van der Waals surface area (Å²) >= 11 is 1.44. The van der Waals surface area contributed by atoms with Gasteiger partial charge >= 0.3 is 0 Å². The monoisotopic (exact) mass is 391 g/mol. The van der Waals surface area contributed by atoms with Gasteiger partial charge in [-0.2, -0.15) is 16.4 Å². The summed E-state index contributed by atoms with van der Waals surface area (Å²) in [6, 6.07) is 10.5. The number of carbonyl (C=O) groups is 2. The number of para-hydroxylation sites is 1. The molecule has 3 aromatic heterocycles. The van der Waals surface area contributed by atoms with Gasteiger partial charge in [-0.05, 0) is 36.6 Å². The van der Waals surface area contributed by atoms with Crippen molar-refractivity contribution in [3.63, 3.8) is 0 Å². The third-order valence-electron chi connectivity index (χ3n) is 4.32. The maximum atomic E-state index is 12.8. The van der Waals surface area contributed by atoms with Gasteiger partial charge in [-0.25, -0.2) is 4.98 Å². The Bertz CT molecular complexity index is 1180. The molecule has 140 valence electrons. The van der Waals surface area contributed by atoms with Crippen LogP contribution < -0.4 is 10.6 Å². The van der Waals surface area contributed by atoms with Crippen LogP contribution in [0.25, 0.3) is 11.0 Å². The summed E-state index contributed by atoms with van der Waals surface area (Å²) in [6.45, 7) is 1.89. The number of hydrogen-bond donors (Lipinski definition) is 2. The maximum Gasteiger partial charge on any atom is 0.257 e. The lowest BCUT2D eigenvalue weighted by molar-refractivity contribution is 0.102. The molecule has 2 N–H and O–H groups in total. The molecule has 3 heterocycles. The van der Waals surface area contributed by atoms with Crippen molar-refractivity contribution >= 4 is 45.6 Å². The van der Waals surface area contributed by atoms with Crippen LogP contribution in [0.2, 0.25) is 0 Å². The molecule has 0 saturated heterocycles. The Morgan fingerprint density at radius 1 is 1.11 bits per heavy atom. The van der Waals surface area contributed by atoms with E-state index in [4.69, 9.17) is 0 Å². The van der Waals surface area contributed by atoms with E-state index in [2.05, 4.69) is 20.7 Å². The molecule has 0 saturated carbocycles. The number of nitrogens with zero attached hydrogens (tertiary/aromatic N) is 3. The van der Waals surface area contributed by atoms with Gasteiger partial charge in [-0.15, -0.1) is 0 Å². The average molecular weight is 391 g/mol. The molecule has 0 atom stereocenters. The number of hydrogen-bond acceptors (Lipinski definition) is 5. The van der Waals surface area contributed by atoms with E-state index in [9.17, 15) is 9.59 Å². The molecule has 0 spiro atoms. The molecule has 8 heteroatoms. The zero-order chi connectivity index (χ0) is 19.7. The van der Waals surface area contributed by atoms with Gasteiger partial charge in [0, 0.05) is 17.8 Å². The molecular weight excluding hydrogens is 374 g/mol. The minimum absolute atomic E-state index is 0.254. The smallest absolute Gasteiger partial charge is 0.257 e. The number of anilines is 2. The second kappa shape index (κ2) is 7.24. The first-order valence-corrected chi connectivity index (χ1v) is 9.50. The van der Waals surface area contributed by atoms with E-state index in [0.717, 1.165) is 16.7 Å². The van der Waals surface area contributed by atoms with E-state index in [1.54, 1.807) is 46.6 Å². The summed E-state index contributed by atoms with van der Waals surface area (Å²) in [5.41, 5.74) is 3.52. The Hall–Kier alpha value is -3.52. The summed E-state index contributed by atoms with van der Waals surface area (Å²) in [4.78, 5) is 29.5.